The zero-order chi connectivity index (χ0) is 20.9. The molecule has 3 saturated heterocycles. The number of nitrogens with one attached hydrogen (secondary N) is 1. The first-order chi connectivity index (χ1) is 13.6. The van der Waals surface area contributed by atoms with Gasteiger partial charge in [-0.05, 0) is 26.7 Å². The van der Waals surface area contributed by atoms with E-state index in [0.29, 0.717) is 0 Å². The number of hydrogen-bond donors (Lipinski definition) is 1. The van der Waals surface area contributed by atoms with Crippen molar-refractivity contribution in [2.75, 3.05) is 13.2 Å². The predicted octanol–water partition coefficient (Wildman–Crippen LogP) is 3.40. The summed E-state index contributed by atoms with van der Waals surface area (Å²) in [6.07, 6.45) is 1.30. The highest BCUT2D eigenvalue weighted by atomic mass is 35.6. The van der Waals surface area contributed by atoms with Gasteiger partial charge in [-0.3, -0.25) is 0 Å². The van der Waals surface area contributed by atoms with Gasteiger partial charge in [0.2, 0.25) is 15.9 Å². The minimum atomic E-state index is -1.83. The van der Waals surface area contributed by atoms with Gasteiger partial charge in [0.05, 0.1) is 6.61 Å². The van der Waals surface area contributed by atoms with E-state index in [9.17, 15) is 4.79 Å². The molecule has 0 bridgehead atoms. The first kappa shape index (κ1) is 22.1. The number of alkyl halides is 3. The third kappa shape index (κ3) is 4.75. The number of rotatable bonds is 2. The van der Waals surface area contributed by atoms with E-state index in [-0.39, 0.29) is 19.3 Å². The molecule has 4 rings (SSSR count). The van der Waals surface area contributed by atoms with Gasteiger partial charge in [-0.25, -0.2) is 4.79 Å². The number of carbonyl (C=O) groups is 1. The molecule has 29 heavy (non-hydrogen) atoms. The van der Waals surface area contributed by atoms with Gasteiger partial charge < -0.3 is 33.7 Å². The van der Waals surface area contributed by atoms with Crippen LogP contribution >= 0.6 is 34.8 Å². The van der Waals surface area contributed by atoms with Gasteiger partial charge in [-0.2, -0.15) is 0 Å². The fourth-order valence-corrected chi connectivity index (χ4v) is 4.60. The molecular formula is C18H26Cl3NO7. The van der Waals surface area contributed by atoms with Gasteiger partial charge in [0, 0.05) is 6.04 Å². The summed E-state index contributed by atoms with van der Waals surface area (Å²) in [5.74, 6) is -2.11. The molecule has 0 aromatic rings. The van der Waals surface area contributed by atoms with Gasteiger partial charge in [0.15, 0.2) is 11.9 Å². The van der Waals surface area contributed by atoms with Crippen LogP contribution in [0.15, 0.2) is 0 Å². The molecule has 1 saturated carbocycles. The van der Waals surface area contributed by atoms with Crippen molar-refractivity contribution in [3.05, 3.63) is 0 Å². The quantitative estimate of drug-likeness (QED) is 0.614. The molecule has 4 aliphatic rings. The van der Waals surface area contributed by atoms with Crippen molar-refractivity contribution < 1.29 is 33.2 Å². The SMILES string of the molecule is CC1(C)OC[C@]2(OC[C@@H](OC(=O)NC3CCCCC3)[C@@H]3O[C@H](C(Cl)(Cl)Cl)O[C@@H]32)O1. The number of fused-ring (bicyclic) bond motifs is 2. The van der Waals surface area contributed by atoms with E-state index in [1.165, 1.54) is 6.42 Å². The molecule has 5 atom stereocenters. The zero-order valence-electron chi connectivity index (χ0n) is 16.3. The molecular weight excluding hydrogens is 449 g/mol. The second-order valence-electron chi connectivity index (χ2n) is 8.37. The van der Waals surface area contributed by atoms with Crippen molar-refractivity contribution >= 4 is 40.9 Å². The topological polar surface area (TPSA) is 84.5 Å². The smallest absolute Gasteiger partial charge is 0.407 e. The predicted molar refractivity (Wildman–Crippen MR) is 104 cm³/mol. The Labute approximate surface area is 184 Å². The van der Waals surface area contributed by atoms with E-state index in [4.69, 9.17) is 63.2 Å². The maximum Gasteiger partial charge on any atom is 0.407 e. The molecule has 1 amide bonds. The molecule has 4 fully saturated rings. The molecule has 3 aliphatic heterocycles. The van der Waals surface area contributed by atoms with E-state index < -0.39 is 46.1 Å². The van der Waals surface area contributed by atoms with Crippen LogP contribution in [0.4, 0.5) is 4.79 Å². The Morgan fingerprint density at radius 2 is 1.83 bits per heavy atom. The lowest BCUT2D eigenvalue weighted by Gasteiger charge is -2.42. The summed E-state index contributed by atoms with van der Waals surface area (Å²) in [4.78, 5) is 12.4. The number of hydrogen-bond acceptors (Lipinski definition) is 7. The fraction of sp³-hybridized carbons (Fsp3) is 0.944. The van der Waals surface area contributed by atoms with Gasteiger partial charge in [-0.1, -0.05) is 54.1 Å². The largest absolute Gasteiger partial charge is 0.441 e. The minimum absolute atomic E-state index is 0.0363. The molecule has 3 heterocycles. The monoisotopic (exact) mass is 473 g/mol. The third-order valence-corrected chi connectivity index (χ3v) is 6.17. The van der Waals surface area contributed by atoms with Gasteiger partial charge in [0.1, 0.15) is 18.8 Å². The van der Waals surface area contributed by atoms with Crippen LogP contribution in [0.3, 0.4) is 0 Å². The summed E-state index contributed by atoms with van der Waals surface area (Å²) < 4.78 is 33.1. The summed E-state index contributed by atoms with van der Waals surface area (Å²) in [5, 5.41) is 2.91. The normalized spacial score (nSPS) is 40.0. The van der Waals surface area contributed by atoms with Gasteiger partial charge >= 0.3 is 6.09 Å². The highest BCUT2D eigenvalue weighted by Gasteiger charge is 2.65. The second-order valence-corrected chi connectivity index (χ2v) is 10.7. The third-order valence-electron chi connectivity index (χ3n) is 5.63. The zero-order valence-corrected chi connectivity index (χ0v) is 18.6. The molecule has 166 valence electrons. The number of ether oxygens (including phenoxy) is 6. The highest BCUT2D eigenvalue weighted by molar-refractivity contribution is 6.67. The Bertz CT molecular complexity index is 625. The van der Waals surface area contributed by atoms with Crippen LogP contribution in [0, 0.1) is 0 Å². The molecule has 0 aromatic heterocycles. The fourth-order valence-electron chi connectivity index (χ4n) is 4.29. The summed E-state index contributed by atoms with van der Waals surface area (Å²) >= 11 is 18.0. The van der Waals surface area contributed by atoms with Crippen LogP contribution in [0.25, 0.3) is 0 Å². The summed E-state index contributed by atoms with van der Waals surface area (Å²) in [7, 11) is 0. The lowest BCUT2D eigenvalue weighted by atomic mass is 9.96. The number of alkyl carbamates (subject to hydrolysis) is 1. The van der Waals surface area contributed by atoms with E-state index in [0.717, 1.165) is 25.7 Å². The van der Waals surface area contributed by atoms with Crippen molar-refractivity contribution in [2.45, 2.75) is 92.0 Å². The van der Waals surface area contributed by atoms with Crippen LogP contribution in [-0.4, -0.2) is 65.3 Å². The molecule has 0 unspecified atom stereocenters. The maximum absolute atomic E-state index is 12.4. The molecule has 0 aromatic carbocycles. The summed E-state index contributed by atoms with van der Waals surface area (Å²) in [5.41, 5.74) is 0. The van der Waals surface area contributed by atoms with Crippen molar-refractivity contribution in [1.82, 2.24) is 5.32 Å². The van der Waals surface area contributed by atoms with E-state index >= 15 is 0 Å². The Kier molecular flexibility index (Phi) is 6.21. The molecule has 0 radical (unpaired) electrons. The second kappa shape index (κ2) is 8.13. The molecule has 1 aliphatic carbocycles. The Balaban J connectivity index is 1.46. The minimum Gasteiger partial charge on any atom is -0.441 e. The van der Waals surface area contributed by atoms with Crippen LogP contribution in [0.2, 0.25) is 0 Å². The Hall–Kier alpha value is -0.0600. The van der Waals surface area contributed by atoms with E-state index in [1.54, 1.807) is 13.8 Å². The average molecular weight is 475 g/mol. The number of halogens is 3. The number of amides is 1. The van der Waals surface area contributed by atoms with Gasteiger partial charge in [0.25, 0.3) is 0 Å². The molecule has 1 N–H and O–H groups in total. The van der Waals surface area contributed by atoms with E-state index in [1.807, 2.05) is 0 Å². The lowest BCUT2D eigenvalue weighted by Crippen LogP contribution is -2.62. The van der Waals surface area contributed by atoms with Crippen molar-refractivity contribution in [1.29, 1.82) is 0 Å². The van der Waals surface area contributed by atoms with Crippen LogP contribution in [-0.2, 0) is 28.4 Å². The summed E-state index contributed by atoms with van der Waals surface area (Å²) in [6, 6.07) is 0.116. The lowest BCUT2D eigenvalue weighted by molar-refractivity contribution is -0.321. The van der Waals surface area contributed by atoms with Crippen molar-refractivity contribution in [2.24, 2.45) is 0 Å². The van der Waals surface area contributed by atoms with Crippen LogP contribution < -0.4 is 5.32 Å². The summed E-state index contributed by atoms with van der Waals surface area (Å²) in [6.45, 7) is 3.68. The highest BCUT2D eigenvalue weighted by Crippen LogP contribution is 2.48. The van der Waals surface area contributed by atoms with Gasteiger partial charge in [-0.15, -0.1) is 0 Å². The standard InChI is InChI=1S/C18H26Cl3NO7/c1-16(2)25-9-17(29-16)13-12(27-14(28-13)18(19,20)21)11(8-24-17)26-15(23)22-10-6-4-3-5-7-10/h10-14H,3-9H2,1-2H3,(H,22,23)/t11-,12+,13+,14+,17+/m1/s1. The molecule has 11 heteroatoms. The molecule has 8 nitrogen and oxygen atoms in total. The van der Waals surface area contributed by atoms with Crippen LogP contribution in [0.5, 0.6) is 0 Å². The molecule has 1 spiro atoms. The van der Waals surface area contributed by atoms with E-state index in [2.05, 4.69) is 5.32 Å². The van der Waals surface area contributed by atoms with Crippen molar-refractivity contribution in [3.8, 4) is 0 Å². The Morgan fingerprint density at radius 3 is 2.45 bits per heavy atom. The first-order valence-corrected chi connectivity index (χ1v) is 11.0. The maximum atomic E-state index is 12.4. The Morgan fingerprint density at radius 1 is 1.10 bits per heavy atom. The average Bonchev–Trinajstić information content (AvgIpc) is 3.22. The van der Waals surface area contributed by atoms with Crippen LogP contribution in [0.1, 0.15) is 46.0 Å². The number of carbonyl (C=O) groups excluding carboxylic acids is 1. The first-order valence-electron chi connectivity index (χ1n) is 9.91. The van der Waals surface area contributed by atoms with Crippen molar-refractivity contribution in [3.63, 3.8) is 0 Å².